The van der Waals surface area contributed by atoms with Crippen LogP contribution in [-0.4, -0.2) is 56.9 Å². The average molecular weight is 458 g/mol. The quantitative estimate of drug-likeness (QED) is 0.464. The van der Waals surface area contributed by atoms with Gasteiger partial charge in [-0.1, -0.05) is 13.8 Å². The highest BCUT2D eigenvalue weighted by Gasteiger charge is 2.28. The number of sulfonamides is 1. The van der Waals surface area contributed by atoms with Gasteiger partial charge in [-0.05, 0) is 42.8 Å². The summed E-state index contributed by atoms with van der Waals surface area (Å²) in [5, 5.41) is 20.8. The minimum Gasteiger partial charge on any atom is -0.370 e. The van der Waals surface area contributed by atoms with Crippen LogP contribution in [0.2, 0.25) is 0 Å². The molecule has 0 saturated carbocycles. The SMILES string of the molecule is CCN(CC)S(=O)(=O)c1ccc(N2CCCN(c3ccc(C#N)cc3)CC2)c([N+](=O)[O-])c1. The summed E-state index contributed by atoms with van der Waals surface area (Å²) in [6.45, 7) is 6.69. The van der Waals surface area contributed by atoms with E-state index in [2.05, 4.69) is 11.0 Å². The standard InChI is InChI=1S/C22H27N5O4S/c1-3-26(4-2)32(30,31)20-10-11-21(22(16-20)27(28)29)25-13-5-12-24(14-15-25)19-8-6-18(17-23)7-9-19/h6-11,16H,3-5,12-15H2,1-2H3. The van der Waals surface area contributed by atoms with Crippen LogP contribution in [0.3, 0.4) is 0 Å². The Morgan fingerprint density at radius 2 is 1.66 bits per heavy atom. The molecule has 0 radical (unpaired) electrons. The number of nitro groups is 1. The third-order valence-corrected chi connectivity index (χ3v) is 7.73. The van der Waals surface area contributed by atoms with E-state index in [9.17, 15) is 18.5 Å². The van der Waals surface area contributed by atoms with Crippen LogP contribution in [0.5, 0.6) is 0 Å². The van der Waals surface area contributed by atoms with Crippen molar-refractivity contribution in [3.8, 4) is 6.07 Å². The van der Waals surface area contributed by atoms with Gasteiger partial charge in [-0.3, -0.25) is 10.1 Å². The van der Waals surface area contributed by atoms with Gasteiger partial charge < -0.3 is 9.80 Å². The van der Waals surface area contributed by atoms with Crippen molar-refractivity contribution in [1.82, 2.24) is 4.31 Å². The number of nitro benzene ring substituents is 1. The molecule has 0 amide bonds. The molecular weight excluding hydrogens is 430 g/mol. The van der Waals surface area contributed by atoms with E-state index >= 15 is 0 Å². The van der Waals surface area contributed by atoms with Crippen molar-refractivity contribution in [2.75, 3.05) is 49.1 Å². The first-order valence-electron chi connectivity index (χ1n) is 10.6. The zero-order chi connectivity index (χ0) is 23.3. The monoisotopic (exact) mass is 457 g/mol. The van der Waals surface area contributed by atoms with Gasteiger partial charge in [-0.15, -0.1) is 0 Å². The number of nitriles is 1. The first-order valence-corrected chi connectivity index (χ1v) is 12.0. The van der Waals surface area contributed by atoms with Crippen LogP contribution >= 0.6 is 0 Å². The number of anilines is 2. The first kappa shape index (κ1) is 23.5. The fraction of sp³-hybridized carbons (Fsp3) is 0.409. The fourth-order valence-electron chi connectivity index (χ4n) is 3.95. The van der Waals surface area contributed by atoms with Gasteiger partial charge in [0.05, 0.1) is 21.5 Å². The second kappa shape index (κ2) is 9.97. The van der Waals surface area contributed by atoms with Crippen molar-refractivity contribution in [2.24, 2.45) is 0 Å². The Hall–Kier alpha value is -3.16. The maximum atomic E-state index is 12.8. The lowest BCUT2D eigenvalue weighted by atomic mass is 10.2. The molecule has 2 aromatic carbocycles. The second-order valence-electron chi connectivity index (χ2n) is 7.48. The molecule has 10 heteroatoms. The number of hydrogen-bond donors (Lipinski definition) is 0. The summed E-state index contributed by atoms with van der Waals surface area (Å²) in [4.78, 5) is 15.4. The van der Waals surface area contributed by atoms with E-state index in [0.717, 1.165) is 18.7 Å². The van der Waals surface area contributed by atoms with E-state index in [4.69, 9.17) is 5.26 Å². The minimum atomic E-state index is -3.78. The predicted octanol–water partition coefficient (Wildman–Crippen LogP) is 3.21. The van der Waals surface area contributed by atoms with Crippen LogP contribution in [-0.2, 0) is 10.0 Å². The van der Waals surface area contributed by atoms with Gasteiger partial charge >= 0.3 is 0 Å². The molecule has 1 saturated heterocycles. The average Bonchev–Trinajstić information content (AvgIpc) is 3.05. The maximum absolute atomic E-state index is 12.8. The van der Waals surface area contributed by atoms with Gasteiger partial charge in [0.25, 0.3) is 5.69 Å². The highest BCUT2D eigenvalue weighted by Crippen LogP contribution is 2.33. The highest BCUT2D eigenvalue weighted by molar-refractivity contribution is 7.89. The smallest absolute Gasteiger partial charge is 0.293 e. The topological polar surface area (TPSA) is 111 Å². The highest BCUT2D eigenvalue weighted by atomic mass is 32.2. The number of nitrogens with zero attached hydrogens (tertiary/aromatic N) is 5. The molecule has 1 heterocycles. The number of rotatable bonds is 7. The molecule has 0 bridgehead atoms. The van der Waals surface area contributed by atoms with Gasteiger partial charge in [0.15, 0.2) is 0 Å². The van der Waals surface area contributed by atoms with E-state index in [1.165, 1.54) is 16.4 Å². The van der Waals surface area contributed by atoms with E-state index in [1.54, 1.807) is 32.0 Å². The molecule has 0 aromatic heterocycles. The summed E-state index contributed by atoms with van der Waals surface area (Å²) >= 11 is 0. The molecule has 0 unspecified atom stereocenters. The molecule has 1 fully saturated rings. The number of hydrogen-bond acceptors (Lipinski definition) is 7. The second-order valence-corrected chi connectivity index (χ2v) is 9.42. The summed E-state index contributed by atoms with van der Waals surface area (Å²) in [7, 11) is -3.78. The molecule has 170 valence electrons. The van der Waals surface area contributed by atoms with Gasteiger partial charge in [-0.25, -0.2) is 8.42 Å². The molecule has 1 aliphatic heterocycles. The lowest BCUT2D eigenvalue weighted by Gasteiger charge is -2.25. The summed E-state index contributed by atoms with van der Waals surface area (Å²) in [5.41, 5.74) is 1.82. The largest absolute Gasteiger partial charge is 0.370 e. The summed E-state index contributed by atoms with van der Waals surface area (Å²) in [6, 6.07) is 13.6. The maximum Gasteiger partial charge on any atom is 0.293 e. The zero-order valence-corrected chi connectivity index (χ0v) is 19.1. The lowest BCUT2D eigenvalue weighted by molar-refractivity contribution is -0.384. The molecule has 0 spiro atoms. The van der Waals surface area contributed by atoms with Gasteiger partial charge in [0, 0.05) is 51.0 Å². The lowest BCUT2D eigenvalue weighted by Crippen LogP contribution is -2.32. The van der Waals surface area contributed by atoms with Crippen molar-refractivity contribution in [3.63, 3.8) is 0 Å². The van der Waals surface area contributed by atoms with Crippen molar-refractivity contribution in [3.05, 3.63) is 58.1 Å². The molecule has 1 aliphatic rings. The summed E-state index contributed by atoms with van der Waals surface area (Å²) < 4.78 is 26.9. The Kier molecular flexibility index (Phi) is 7.33. The van der Waals surface area contributed by atoms with Crippen molar-refractivity contribution in [1.29, 1.82) is 5.26 Å². The van der Waals surface area contributed by atoms with E-state index < -0.39 is 14.9 Å². The van der Waals surface area contributed by atoms with Crippen LogP contribution in [0.15, 0.2) is 47.4 Å². The molecule has 9 nitrogen and oxygen atoms in total. The normalized spacial score (nSPS) is 14.8. The Morgan fingerprint density at radius 1 is 1.03 bits per heavy atom. The Morgan fingerprint density at radius 3 is 2.25 bits per heavy atom. The zero-order valence-electron chi connectivity index (χ0n) is 18.3. The van der Waals surface area contributed by atoms with Crippen LogP contribution in [0.4, 0.5) is 17.1 Å². The Labute approximate surface area is 188 Å². The Bertz CT molecular complexity index is 1110. The van der Waals surface area contributed by atoms with Crippen LogP contribution < -0.4 is 9.80 Å². The molecule has 0 N–H and O–H groups in total. The summed E-state index contributed by atoms with van der Waals surface area (Å²) in [6.07, 6.45) is 0.788. The molecule has 2 aromatic rings. The van der Waals surface area contributed by atoms with Crippen LogP contribution in [0.1, 0.15) is 25.8 Å². The van der Waals surface area contributed by atoms with Gasteiger partial charge in [0.2, 0.25) is 10.0 Å². The third-order valence-electron chi connectivity index (χ3n) is 5.68. The predicted molar refractivity (Wildman–Crippen MR) is 123 cm³/mol. The third kappa shape index (κ3) is 4.84. The van der Waals surface area contributed by atoms with Crippen molar-refractivity contribution >= 4 is 27.1 Å². The molecule has 0 aliphatic carbocycles. The Balaban J connectivity index is 1.85. The van der Waals surface area contributed by atoms with Crippen LogP contribution in [0, 0.1) is 21.4 Å². The number of benzene rings is 2. The molecule has 0 atom stereocenters. The molecular formula is C22H27N5O4S. The molecule has 32 heavy (non-hydrogen) atoms. The van der Waals surface area contributed by atoms with E-state index in [-0.39, 0.29) is 10.6 Å². The van der Waals surface area contributed by atoms with Gasteiger partial charge in [0.1, 0.15) is 5.69 Å². The first-order chi connectivity index (χ1) is 15.3. The molecule has 3 rings (SSSR count). The van der Waals surface area contributed by atoms with Crippen molar-refractivity contribution in [2.45, 2.75) is 25.2 Å². The van der Waals surface area contributed by atoms with E-state index in [0.29, 0.717) is 44.0 Å². The van der Waals surface area contributed by atoms with Gasteiger partial charge in [-0.2, -0.15) is 9.57 Å². The van der Waals surface area contributed by atoms with Crippen LogP contribution in [0.25, 0.3) is 0 Å². The summed E-state index contributed by atoms with van der Waals surface area (Å²) in [5.74, 6) is 0. The van der Waals surface area contributed by atoms with Crippen molar-refractivity contribution < 1.29 is 13.3 Å². The van der Waals surface area contributed by atoms with E-state index in [1.807, 2.05) is 17.0 Å². The minimum absolute atomic E-state index is 0.0642. The fourth-order valence-corrected chi connectivity index (χ4v) is 5.43.